The van der Waals surface area contributed by atoms with Gasteiger partial charge in [0.2, 0.25) is 0 Å². The average molecular weight is 402 g/mol. The SMILES string of the molecule is O=S(=O)(N/N=C/c1cn(-c2ccccc2)nc1-c1ccccc1)c1ccccc1. The van der Waals surface area contributed by atoms with E-state index in [0.717, 1.165) is 11.3 Å². The zero-order valence-corrected chi connectivity index (χ0v) is 16.2. The highest BCUT2D eigenvalue weighted by molar-refractivity contribution is 7.89. The van der Waals surface area contributed by atoms with Crippen molar-refractivity contribution in [1.29, 1.82) is 0 Å². The van der Waals surface area contributed by atoms with Crippen molar-refractivity contribution in [3.05, 3.63) is 103 Å². The van der Waals surface area contributed by atoms with Gasteiger partial charge in [-0.25, -0.2) is 9.51 Å². The minimum Gasteiger partial charge on any atom is -0.240 e. The number of para-hydroxylation sites is 1. The predicted octanol–water partition coefficient (Wildman–Crippen LogP) is 3.85. The van der Waals surface area contributed by atoms with Crippen LogP contribution in [0.2, 0.25) is 0 Å². The summed E-state index contributed by atoms with van der Waals surface area (Å²) in [6.07, 6.45) is 3.28. The van der Waals surface area contributed by atoms with E-state index in [1.165, 1.54) is 18.3 Å². The van der Waals surface area contributed by atoms with Crippen LogP contribution < -0.4 is 4.83 Å². The first-order valence-electron chi connectivity index (χ1n) is 8.94. The molecule has 0 fully saturated rings. The van der Waals surface area contributed by atoms with Gasteiger partial charge in [-0.05, 0) is 24.3 Å². The van der Waals surface area contributed by atoms with Gasteiger partial charge in [-0.3, -0.25) is 0 Å². The average Bonchev–Trinajstić information content (AvgIpc) is 3.20. The summed E-state index contributed by atoms with van der Waals surface area (Å²) in [6, 6.07) is 27.5. The van der Waals surface area contributed by atoms with Crippen LogP contribution in [0.4, 0.5) is 0 Å². The molecule has 0 aliphatic carbocycles. The molecule has 0 radical (unpaired) electrons. The molecule has 0 amide bonds. The minimum absolute atomic E-state index is 0.153. The molecule has 0 atom stereocenters. The lowest BCUT2D eigenvalue weighted by Gasteiger charge is -2.02. The van der Waals surface area contributed by atoms with E-state index in [2.05, 4.69) is 15.0 Å². The van der Waals surface area contributed by atoms with Gasteiger partial charge in [0.15, 0.2) is 0 Å². The third-order valence-electron chi connectivity index (χ3n) is 4.24. The summed E-state index contributed by atoms with van der Waals surface area (Å²) in [6.45, 7) is 0. The molecule has 0 aliphatic rings. The third-order valence-corrected chi connectivity index (χ3v) is 5.48. The van der Waals surface area contributed by atoms with Crippen LogP contribution in [-0.4, -0.2) is 24.4 Å². The first-order valence-corrected chi connectivity index (χ1v) is 10.4. The maximum atomic E-state index is 12.4. The van der Waals surface area contributed by atoms with E-state index in [1.807, 2.05) is 66.9 Å². The van der Waals surface area contributed by atoms with E-state index >= 15 is 0 Å². The Kier molecular flexibility index (Phi) is 5.22. The minimum atomic E-state index is -3.73. The molecular weight excluding hydrogens is 384 g/mol. The number of hydrazone groups is 1. The van der Waals surface area contributed by atoms with Crippen molar-refractivity contribution in [2.75, 3.05) is 0 Å². The van der Waals surface area contributed by atoms with Gasteiger partial charge in [0.25, 0.3) is 10.0 Å². The van der Waals surface area contributed by atoms with Crippen LogP contribution in [0.5, 0.6) is 0 Å². The molecule has 0 bridgehead atoms. The van der Waals surface area contributed by atoms with E-state index in [1.54, 1.807) is 22.9 Å². The summed E-state index contributed by atoms with van der Waals surface area (Å²) in [7, 11) is -3.73. The van der Waals surface area contributed by atoms with Gasteiger partial charge in [0.05, 0.1) is 16.8 Å². The molecule has 144 valence electrons. The second-order valence-corrected chi connectivity index (χ2v) is 7.91. The molecule has 0 spiro atoms. The molecule has 0 saturated heterocycles. The molecule has 1 heterocycles. The molecule has 4 aromatic rings. The number of aromatic nitrogens is 2. The molecule has 0 unspecified atom stereocenters. The van der Waals surface area contributed by atoms with Crippen molar-refractivity contribution >= 4 is 16.2 Å². The number of benzene rings is 3. The van der Waals surface area contributed by atoms with Crippen LogP contribution in [0.1, 0.15) is 5.56 Å². The molecule has 1 aromatic heterocycles. The fraction of sp³-hybridized carbons (Fsp3) is 0. The lowest BCUT2D eigenvalue weighted by atomic mass is 10.1. The maximum absolute atomic E-state index is 12.4. The first kappa shape index (κ1) is 18.6. The van der Waals surface area contributed by atoms with Crippen molar-refractivity contribution in [1.82, 2.24) is 14.6 Å². The zero-order valence-electron chi connectivity index (χ0n) is 15.4. The summed E-state index contributed by atoms with van der Waals surface area (Å²) in [4.78, 5) is 2.41. The van der Waals surface area contributed by atoms with Gasteiger partial charge in [0, 0.05) is 17.3 Å². The van der Waals surface area contributed by atoms with Crippen LogP contribution in [-0.2, 0) is 10.0 Å². The van der Waals surface area contributed by atoms with Crippen molar-refractivity contribution in [2.24, 2.45) is 5.10 Å². The Morgan fingerprint density at radius 2 is 1.41 bits per heavy atom. The Morgan fingerprint density at radius 1 is 0.828 bits per heavy atom. The topological polar surface area (TPSA) is 76.3 Å². The Balaban J connectivity index is 1.67. The van der Waals surface area contributed by atoms with Gasteiger partial charge in [-0.1, -0.05) is 66.7 Å². The highest BCUT2D eigenvalue weighted by Crippen LogP contribution is 2.22. The molecule has 1 N–H and O–H groups in total. The molecule has 7 heteroatoms. The van der Waals surface area contributed by atoms with Gasteiger partial charge >= 0.3 is 0 Å². The number of nitrogens with zero attached hydrogens (tertiary/aromatic N) is 3. The molecular formula is C22H18N4O2S. The fourth-order valence-electron chi connectivity index (χ4n) is 2.83. The van der Waals surface area contributed by atoms with Crippen molar-refractivity contribution in [2.45, 2.75) is 4.90 Å². The number of hydrogen-bond acceptors (Lipinski definition) is 4. The van der Waals surface area contributed by atoms with Gasteiger partial charge in [0.1, 0.15) is 5.69 Å². The highest BCUT2D eigenvalue weighted by atomic mass is 32.2. The second-order valence-electron chi connectivity index (χ2n) is 6.25. The van der Waals surface area contributed by atoms with Crippen LogP contribution >= 0.6 is 0 Å². The summed E-state index contributed by atoms with van der Waals surface area (Å²) < 4.78 is 26.5. The number of hydrogen-bond donors (Lipinski definition) is 1. The van der Waals surface area contributed by atoms with Crippen LogP contribution in [0.25, 0.3) is 16.9 Å². The van der Waals surface area contributed by atoms with E-state index in [-0.39, 0.29) is 4.90 Å². The predicted molar refractivity (Wildman–Crippen MR) is 113 cm³/mol. The summed E-state index contributed by atoms with van der Waals surface area (Å²) in [5.74, 6) is 0. The molecule has 0 aliphatic heterocycles. The van der Waals surface area contributed by atoms with Gasteiger partial charge in [-0.2, -0.15) is 18.6 Å². The van der Waals surface area contributed by atoms with Gasteiger partial charge in [-0.15, -0.1) is 0 Å². The number of nitrogens with one attached hydrogen (secondary N) is 1. The Labute approximate surface area is 169 Å². The van der Waals surface area contributed by atoms with E-state index in [0.29, 0.717) is 11.3 Å². The van der Waals surface area contributed by atoms with Crippen molar-refractivity contribution in [3.8, 4) is 16.9 Å². The monoisotopic (exact) mass is 402 g/mol. The third kappa shape index (κ3) is 4.25. The standard InChI is InChI=1S/C22H18N4O2S/c27-29(28,21-14-8-3-9-15-21)25-23-16-19-17-26(20-12-6-2-7-13-20)24-22(19)18-10-4-1-5-11-18/h1-17,25H/b23-16+. The largest absolute Gasteiger partial charge is 0.276 e. The molecule has 3 aromatic carbocycles. The Morgan fingerprint density at radius 3 is 2.07 bits per heavy atom. The number of rotatable bonds is 6. The zero-order chi connectivity index (χ0) is 20.1. The van der Waals surface area contributed by atoms with E-state index in [9.17, 15) is 8.42 Å². The van der Waals surface area contributed by atoms with E-state index in [4.69, 9.17) is 0 Å². The lowest BCUT2D eigenvalue weighted by Crippen LogP contribution is -2.18. The first-order chi connectivity index (χ1) is 14.1. The molecule has 6 nitrogen and oxygen atoms in total. The Hall–Kier alpha value is -3.71. The van der Waals surface area contributed by atoms with Crippen molar-refractivity contribution in [3.63, 3.8) is 0 Å². The quantitative estimate of drug-likeness (QED) is 0.393. The van der Waals surface area contributed by atoms with Crippen LogP contribution in [0, 0.1) is 0 Å². The van der Waals surface area contributed by atoms with Crippen molar-refractivity contribution < 1.29 is 8.42 Å². The normalized spacial score (nSPS) is 11.6. The van der Waals surface area contributed by atoms with Crippen LogP contribution in [0.15, 0.2) is 107 Å². The highest BCUT2D eigenvalue weighted by Gasteiger charge is 2.13. The molecule has 4 rings (SSSR count). The maximum Gasteiger partial charge on any atom is 0.276 e. The lowest BCUT2D eigenvalue weighted by molar-refractivity contribution is 0.584. The van der Waals surface area contributed by atoms with Crippen LogP contribution in [0.3, 0.4) is 0 Å². The summed E-state index contributed by atoms with van der Waals surface area (Å²) in [5.41, 5.74) is 3.21. The van der Waals surface area contributed by atoms with E-state index < -0.39 is 10.0 Å². The molecule has 29 heavy (non-hydrogen) atoms. The molecule has 0 saturated carbocycles. The fourth-order valence-corrected chi connectivity index (χ4v) is 3.65. The number of sulfonamides is 1. The Bertz CT molecular complexity index is 1220. The summed E-state index contributed by atoms with van der Waals surface area (Å²) in [5, 5.41) is 8.64. The second kappa shape index (κ2) is 8.12. The smallest absolute Gasteiger partial charge is 0.240 e. The van der Waals surface area contributed by atoms with Gasteiger partial charge < -0.3 is 0 Å². The summed E-state index contributed by atoms with van der Waals surface area (Å²) >= 11 is 0.